The van der Waals surface area contributed by atoms with Crippen LogP contribution in [0, 0.1) is 6.92 Å². The summed E-state index contributed by atoms with van der Waals surface area (Å²) in [5, 5.41) is 8.69. The average molecular weight is 374 g/mol. The number of nitrogens with zero attached hydrogens (tertiary/aromatic N) is 1. The van der Waals surface area contributed by atoms with E-state index < -0.39 is 0 Å². The minimum Gasteiger partial charge on any atom is -0.493 e. The number of methoxy groups -OCH3 is 3. The highest BCUT2D eigenvalue weighted by Crippen LogP contribution is 2.42. The number of hydrogen-bond acceptors (Lipinski definition) is 4. The van der Waals surface area contributed by atoms with Crippen LogP contribution in [0.15, 0.2) is 54.6 Å². The fourth-order valence-electron chi connectivity index (χ4n) is 3.38. The van der Waals surface area contributed by atoms with Crippen LogP contribution in [-0.2, 0) is 0 Å². The van der Waals surface area contributed by atoms with E-state index in [-0.39, 0.29) is 0 Å². The topological polar surface area (TPSA) is 56.4 Å². The number of benzene rings is 3. The average Bonchev–Trinajstić information content (AvgIpc) is 3.16. The Balaban J connectivity index is 1.87. The third-order valence-corrected chi connectivity index (χ3v) is 4.89. The second kappa shape index (κ2) is 7.27. The number of rotatable bonds is 5. The van der Waals surface area contributed by atoms with Crippen LogP contribution in [0.25, 0.3) is 33.3 Å². The standard InChI is InChI=1S/C23H22N2O3/c1-14-5-7-15(8-6-14)16-9-10-19-18(11-16)22(25-24-19)17-12-20(26-2)23(28-4)21(13-17)27-3/h5-13H,1-4H3,(H,24,25). The van der Waals surface area contributed by atoms with Crippen LogP contribution >= 0.6 is 0 Å². The summed E-state index contributed by atoms with van der Waals surface area (Å²) >= 11 is 0. The summed E-state index contributed by atoms with van der Waals surface area (Å²) in [6, 6.07) is 18.6. The minimum absolute atomic E-state index is 0.564. The highest BCUT2D eigenvalue weighted by molar-refractivity contribution is 5.96. The first kappa shape index (κ1) is 17.9. The van der Waals surface area contributed by atoms with E-state index in [9.17, 15) is 0 Å². The molecule has 3 aromatic carbocycles. The summed E-state index contributed by atoms with van der Waals surface area (Å²) in [5.41, 5.74) is 6.25. The highest BCUT2D eigenvalue weighted by Gasteiger charge is 2.17. The maximum atomic E-state index is 5.49. The molecule has 1 heterocycles. The molecule has 0 atom stereocenters. The molecule has 0 amide bonds. The van der Waals surface area contributed by atoms with Crippen LogP contribution in [0.4, 0.5) is 0 Å². The monoisotopic (exact) mass is 374 g/mol. The lowest BCUT2D eigenvalue weighted by Crippen LogP contribution is -1.96. The van der Waals surface area contributed by atoms with Gasteiger partial charge in [0, 0.05) is 10.9 Å². The van der Waals surface area contributed by atoms with Crippen molar-refractivity contribution in [2.75, 3.05) is 21.3 Å². The fourth-order valence-corrected chi connectivity index (χ4v) is 3.38. The molecule has 0 bridgehead atoms. The Morgan fingerprint density at radius 2 is 1.36 bits per heavy atom. The summed E-state index contributed by atoms with van der Waals surface area (Å²) < 4.78 is 16.4. The molecular weight excluding hydrogens is 352 g/mol. The van der Waals surface area contributed by atoms with Crippen molar-refractivity contribution in [2.24, 2.45) is 0 Å². The van der Waals surface area contributed by atoms with Gasteiger partial charge in [-0.15, -0.1) is 0 Å². The minimum atomic E-state index is 0.564. The maximum absolute atomic E-state index is 5.49. The molecule has 0 unspecified atom stereocenters. The van der Waals surface area contributed by atoms with Gasteiger partial charge in [0.05, 0.1) is 26.8 Å². The van der Waals surface area contributed by atoms with E-state index in [1.54, 1.807) is 21.3 Å². The Kier molecular flexibility index (Phi) is 4.65. The van der Waals surface area contributed by atoms with Gasteiger partial charge in [-0.05, 0) is 42.3 Å². The first-order chi connectivity index (χ1) is 13.6. The Hall–Kier alpha value is -3.47. The smallest absolute Gasteiger partial charge is 0.203 e. The number of ether oxygens (including phenoxy) is 3. The van der Waals surface area contributed by atoms with Gasteiger partial charge < -0.3 is 14.2 Å². The number of fused-ring (bicyclic) bond motifs is 1. The van der Waals surface area contributed by atoms with E-state index >= 15 is 0 Å². The number of aryl methyl sites for hydroxylation is 1. The number of H-pyrrole nitrogens is 1. The predicted molar refractivity (Wildman–Crippen MR) is 111 cm³/mol. The molecule has 28 heavy (non-hydrogen) atoms. The van der Waals surface area contributed by atoms with Gasteiger partial charge in [0.1, 0.15) is 5.69 Å². The molecule has 0 aliphatic rings. The molecular formula is C23H22N2O3. The number of hydrogen-bond donors (Lipinski definition) is 1. The Morgan fingerprint density at radius 3 is 1.96 bits per heavy atom. The Morgan fingerprint density at radius 1 is 0.714 bits per heavy atom. The molecule has 0 spiro atoms. The lowest BCUT2D eigenvalue weighted by molar-refractivity contribution is 0.324. The van der Waals surface area contributed by atoms with Crippen molar-refractivity contribution in [3.63, 3.8) is 0 Å². The van der Waals surface area contributed by atoms with E-state index in [2.05, 4.69) is 59.6 Å². The SMILES string of the molecule is COc1cc(-c2n[nH]c3ccc(-c4ccc(C)cc4)cc23)cc(OC)c1OC. The van der Waals surface area contributed by atoms with Crippen LogP contribution in [0.1, 0.15) is 5.56 Å². The van der Waals surface area contributed by atoms with Gasteiger partial charge in [-0.1, -0.05) is 35.9 Å². The first-order valence-corrected chi connectivity index (χ1v) is 9.00. The zero-order chi connectivity index (χ0) is 19.7. The van der Waals surface area contributed by atoms with Crippen LogP contribution < -0.4 is 14.2 Å². The summed E-state index contributed by atoms with van der Waals surface area (Å²) in [6.45, 7) is 2.09. The van der Waals surface area contributed by atoms with Crippen LogP contribution in [-0.4, -0.2) is 31.5 Å². The van der Waals surface area contributed by atoms with E-state index in [4.69, 9.17) is 14.2 Å². The van der Waals surface area contributed by atoms with Crippen molar-refractivity contribution in [3.8, 4) is 39.6 Å². The summed E-state index contributed by atoms with van der Waals surface area (Å²) in [5.74, 6) is 1.76. The van der Waals surface area contributed by atoms with Gasteiger partial charge in [-0.2, -0.15) is 5.10 Å². The van der Waals surface area contributed by atoms with Crippen molar-refractivity contribution in [1.82, 2.24) is 10.2 Å². The predicted octanol–water partition coefficient (Wildman–Crippen LogP) is 5.23. The van der Waals surface area contributed by atoms with Gasteiger partial charge in [0.25, 0.3) is 0 Å². The Bertz CT molecular complexity index is 1110. The third kappa shape index (κ3) is 3.05. The summed E-state index contributed by atoms with van der Waals surface area (Å²) in [6.07, 6.45) is 0. The molecule has 142 valence electrons. The largest absolute Gasteiger partial charge is 0.493 e. The van der Waals surface area contributed by atoms with Crippen LogP contribution in [0.3, 0.4) is 0 Å². The van der Waals surface area contributed by atoms with Crippen molar-refractivity contribution in [1.29, 1.82) is 0 Å². The first-order valence-electron chi connectivity index (χ1n) is 9.00. The van der Waals surface area contributed by atoms with Crippen LogP contribution in [0.2, 0.25) is 0 Å². The second-order valence-electron chi connectivity index (χ2n) is 6.61. The number of aromatic amines is 1. The third-order valence-electron chi connectivity index (χ3n) is 4.89. The van der Waals surface area contributed by atoms with Crippen molar-refractivity contribution < 1.29 is 14.2 Å². The fraction of sp³-hybridized carbons (Fsp3) is 0.174. The zero-order valence-electron chi connectivity index (χ0n) is 16.4. The Labute approximate surface area is 163 Å². The summed E-state index contributed by atoms with van der Waals surface area (Å²) in [7, 11) is 4.82. The van der Waals surface area contributed by atoms with Crippen molar-refractivity contribution in [3.05, 3.63) is 60.2 Å². The molecule has 1 aromatic heterocycles. The molecule has 5 heteroatoms. The van der Waals surface area contributed by atoms with E-state index in [0.717, 1.165) is 27.7 Å². The zero-order valence-corrected chi connectivity index (χ0v) is 16.4. The molecule has 0 saturated carbocycles. The maximum Gasteiger partial charge on any atom is 0.203 e. The molecule has 0 radical (unpaired) electrons. The molecule has 0 saturated heterocycles. The van der Waals surface area contributed by atoms with Crippen molar-refractivity contribution >= 4 is 10.9 Å². The van der Waals surface area contributed by atoms with Gasteiger partial charge in [0.2, 0.25) is 5.75 Å². The summed E-state index contributed by atoms with van der Waals surface area (Å²) in [4.78, 5) is 0. The van der Waals surface area contributed by atoms with E-state index in [0.29, 0.717) is 17.2 Å². The molecule has 0 aliphatic heterocycles. The molecule has 0 fully saturated rings. The molecule has 5 nitrogen and oxygen atoms in total. The molecule has 0 aliphatic carbocycles. The molecule has 4 rings (SSSR count). The van der Waals surface area contributed by atoms with Crippen molar-refractivity contribution in [2.45, 2.75) is 6.92 Å². The second-order valence-corrected chi connectivity index (χ2v) is 6.61. The van der Waals surface area contributed by atoms with Crippen LogP contribution in [0.5, 0.6) is 17.2 Å². The van der Waals surface area contributed by atoms with Gasteiger partial charge >= 0.3 is 0 Å². The molecule has 1 N–H and O–H groups in total. The molecule has 4 aromatic rings. The lowest BCUT2D eigenvalue weighted by atomic mass is 10.00. The normalized spacial score (nSPS) is 10.9. The van der Waals surface area contributed by atoms with E-state index in [1.807, 2.05) is 12.1 Å². The van der Waals surface area contributed by atoms with Gasteiger partial charge in [-0.3, -0.25) is 5.10 Å². The number of nitrogens with one attached hydrogen (secondary N) is 1. The lowest BCUT2D eigenvalue weighted by Gasteiger charge is -2.13. The number of aromatic nitrogens is 2. The van der Waals surface area contributed by atoms with Gasteiger partial charge in [0.15, 0.2) is 11.5 Å². The van der Waals surface area contributed by atoms with Gasteiger partial charge in [-0.25, -0.2) is 0 Å². The highest BCUT2D eigenvalue weighted by atomic mass is 16.5. The quantitative estimate of drug-likeness (QED) is 0.520. The van der Waals surface area contributed by atoms with E-state index in [1.165, 1.54) is 11.1 Å².